The van der Waals surface area contributed by atoms with Crippen molar-refractivity contribution in [1.82, 2.24) is 15.0 Å². The number of hydrogen-bond acceptors (Lipinski definition) is 7. The molecule has 0 N–H and O–H groups in total. The van der Waals surface area contributed by atoms with Gasteiger partial charge in [-0.15, -0.1) is 0 Å². The molecule has 0 saturated heterocycles. The molecular formula is C18H18N4O5. The number of furan rings is 1. The first-order valence-corrected chi connectivity index (χ1v) is 8.48. The van der Waals surface area contributed by atoms with E-state index in [1.165, 1.54) is 24.5 Å². The van der Waals surface area contributed by atoms with Gasteiger partial charge in [-0.05, 0) is 24.6 Å². The van der Waals surface area contributed by atoms with Crippen LogP contribution in [0.25, 0.3) is 11.6 Å². The average Bonchev–Trinajstić information content (AvgIpc) is 3.36. The van der Waals surface area contributed by atoms with Crippen molar-refractivity contribution in [3.8, 4) is 11.6 Å². The fourth-order valence-corrected chi connectivity index (χ4v) is 2.61. The summed E-state index contributed by atoms with van der Waals surface area (Å²) in [6.07, 6.45) is 2.64. The van der Waals surface area contributed by atoms with Gasteiger partial charge in [0, 0.05) is 37.2 Å². The predicted octanol–water partition coefficient (Wildman–Crippen LogP) is 3.33. The summed E-state index contributed by atoms with van der Waals surface area (Å²) < 4.78 is 10.4. The van der Waals surface area contributed by atoms with Gasteiger partial charge in [0.25, 0.3) is 11.6 Å². The van der Waals surface area contributed by atoms with Gasteiger partial charge < -0.3 is 13.8 Å². The van der Waals surface area contributed by atoms with Crippen LogP contribution in [0.5, 0.6) is 0 Å². The Morgan fingerprint density at radius 3 is 2.81 bits per heavy atom. The second-order valence-electron chi connectivity index (χ2n) is 5.84. The average molecular weight is 370 g/mol. The zero-order chi connectivity index (χ0) is 19.2. The summed E-state index contributed by atoms with van der Waals surface area (Å²) in [5.41, 5.74) is 0.164. The molecule has 3 rings (SSSR count). The molecule has 0 bridgehead atoms. The lowest BCUT2D eigenvalue weighted by molar-refractivity contribution is -0.384. The normalized spacial score (nSPS) is 10.7. The quantitative estimate of drug-likeness (QED) is 0.441. The van der Waals surface area contributed by atoms with Crippen LogP contribution >= 0.6 is 0 Å². The summed E-state index contributed by atoms with van der Waals surface area (Å²) >= 11 is 0. The van der Waals surface area contributed by atoms with E-state index in [0.29, 0.717) is 37.0 Å². The molecule has 140 valence electrons. The molecule has 9 nitrogen and oxygen atoms in total. The topological polar surface area (TPSA) is 116 Å². The van der Waals surface area contributed by atoms with Crippen LogP contribution < -0.4 is 0 Å². The molecule has 0 aliphatic heterocycles. The van der Waals surface area contributed by atoms with E-state index in [9.17, 15) is 14.9 Å². The van der Waals surface area contributed by atoms with Gasteiger partial charge in [0.05, 0.1) is 11.2 Å². The molecule has 1 aromatic carbocycles. The number of non-ortho nitro benzene ring substituents is 1. The van der Waals surface area contributed by atoms with Gasteiger partial charge in [-0.1, -0.05) is 18.1 Å². The van der Waals surface area contributed by atoms with E-state index in [4.69, 9.17) is 8.94 Å². The highest BCUT2D eigenvalue weighted by Gasteiger charge is 2.19. The lowest BCUT2D eigenvalue weighted by Crippen LogP contribution is -2.33. The maximum Gasteiger partial charge on any atom is 0.270 e. The Kier molecular flexibility index (Phi) is 5.60. The second-order valence-corrected chi connectivity index (χ2v) is 5.84. The summed E-state index contributed by atoms with van der Waals surface area (Å²) in [5, 5.41) is 14.8. The number of nitro benzene ring substituents is 1. The van der Waals surface area contributed by atoms with Crippen LogP contribution in [0.2, 0.25) is 0 Å². The second kappa shape index (κ2) is 8.26. The Morgan fingerprint density at radius 2 is 2.11 bits per heavy atom. The van der Waals surface area contributed by atoms with Crippen molar-refractivity contribution in [3.05, 3.63) is 64.2 Å². The number of carbonyl (C=O) groups excluding carboxylic acids is 1. The Balaban J connectivity index is 1.69. The highest BCUT2D eigenvalue weighted by molar-refractivity contribution is 5.94. The number of nitrogens with zero attached hydrogens (tertiary/aromatic N) is 4. The van der Waals surface area contributed by atoms with Crippen LogP contribution in [0.4, 0.5) is 5.69 Å². The molecule has 0 spiro atoms. The summed E-state index contributed by atoms with van der Waals surface area (Å²) in [6.45, 7) is 2.82. The van der Waals surface area contributed by atoms with E-state index in [1.54, 1.807) is 23.1 Å². The fourth-order valence-electron chi connectivity index (χ4n) is 2.61. The van der Waals surface area contributed by atoms with Gasteiger partial charge in [-0.3, -0.25) is 14.9 Å². The van der Waals surface area contributed by atoms with Gasteiger partial charge in [0.15, 0.2) is 5.76 Å². The number of hydrogen-bond donors (Lipinski definition) is 0. The molecule has 0 aliphatic carbocycles. The molecule has 0 atom stereocenters. The van der Waals surface area contributed by atoms with Crippen LogP contribution in [-0.2, 0) is 6.42 Å². The number of rotatable bonds is 8. The molecule has 9 heteroatoms. The van der Waals surface area contributed by atoms with E-state index in [0.717, 1.165) is 6.42 Å². The number of amides is 1. The van der Waals surface area contributed by atoms with Crippen molar-refractivity contribution < 1.29 is 18.7 Å². The molecule has 0 fully saturated rings. The first kappa shape index (κ1) is 18.3. The van der Waals surface area contributed by atoms with Gasteiger partial charge >= 0.3 is 0 Å². The zero-order valence-electron chi connectivity index (χ0n) is 14.7. The van der Waals surface area contributed by atoms with Crippen molar-refractivity contribution in [2.75, 3.05) is 13.1 Å². The number of benzene rings is 1. The van der Waals surface area contributed by atoms with Crippen molar-refractivity contribution in [2.24, 2.45) is 0 Å². The van der Waals surface area contributed by atoms with E-state index in [1.807, 2.05) is 6.92 Å². The minimum atomic E-state index is -0.518. The zero-order valence-corrected chi connectivity index (χ0v) is 14.7. The highest BCUT2D eigenvalue weighted by atomic mass is 16.6. The van der Waals surface area contributed by atoms with E-state index in [-0.39, 0.29) is 17.2 Å². The Labute approximate surface area is 154 Å². The lowest BCUT2D eigenvalue weighted by atomic mass is 10.1. The monoisotopic (exact) mass is 370 g/mol. The van der Waals surface area contributed by atoms with Gasteiger partial charge in [-0.25, -0.2) is 0 Å². The summed E-state index contributed by atoms with van der Waals surface area (Å²) in [4.78, 5) is 29.0. The van der Waals surface area contributed by atoms with E-state index >= 15 is 0 Å². The third-order valence-corrected chi connectivity index (χ3v) is 3.89. The first-order chi connectivity index (χ1) is 13.1. The first-order valence-electron chi connectivity index (χ1n) is 8.48. The summed E-state index contributed by atoms with van der Waals surface area (Å²) in [6, 6.07) is 9.17. The smallest absolute Gasteiger partial charge is 0.270 e. The molecule has 2 heterocycles. The SMILES string of the molecule is CCCN(CCc1nc(-c2ccco2)no1)C(=O)c1cccc([N+](=O)[O-])c1. The molecule has 3 aromatic rings. The molecule has 0 unspecified atom stereocenters. The Hall–Kier alpha value is -3.49. The third kappa shape index (κ3) is 4.38. The van der Waals surface area contributed by atoms with Crippen molar-refractivity contribution in [1.29, 1.82) is 0 Å². The molecule has 0 aliphatic rings. The molecule has 0 radical (unpaired) electrons. The van der Waals surface area contributed by atoms with Crippen molar-refractivity contribution in [3.63, 3.8) is 0 Å². The van der Waals surface area contributed by atoms with Crippen LogP contribution in [0.1, 0.15) is 29.6 Å². The van der Waals surface area contributed by atoms with E-state index in [2.05, 4.69) is 10.1 Å². The molecule has 27 heavy (non-hydrogen) atoms. The highest BCUT2D eigenvalue weighted by Crippen LogP contribution is 2.17. The van der Waals surface area contributed by atoms with Crippen LogP contribution in [0, 0.1) is 10.1 Å². The summed E-state index contributed by atoms with van der Waals surface area (Å²) in [5.74, 6) is 0.964. The third-order valence-electron chi connectivity index (χ3n) is 3.89. The van der Waals surface area contributed by atoms with Crippen LogP contribution in [0.3, 0.4) is 0 Å². The number of nitro groups is 1. The maximum atomic E-state index is 12.7. The van der Waals surface area contributed by atoms with Crippen molar-refractivity contribution in [2.45, 2.75) is 19.8 Å². The maximum absolute atomic E-state index is 12.7. The minimum absolute atomic E-state index is 0.114. The Morgan fingerprint density at radius 1 is 1.26 bits per heavy atom. The molecule has 1 amide bonds. The van der Waals surface area contributed by atoms with Gasteiger partial charge in [-0.2, -0.15) is 4.98 Å². The van der Waals surface area contributed by atoms with Gasteiger partial charge in [0.2, 0.25) is 11.7 Å². The molecule has 0 saturated carbocycles. The lowest BCUT2D eigenvalue weighted by Gasteiger charge is -2.21. The summed E-state index contributed by atoms with van der Waals surface area (Å²) in [7, 11) is 0. The predicted molar refractivity (Wildman–Crippen MR) is 95.0 cm³/mol. The molecule has 2 aromatic heterocycles. The standard InChI is InChI=1S/C18H18N4O5/c1-2-9-21(18(23)13-5-3-6-14(12-13)22(24)25)10-8-16-19-17(20-27-16)15-7-4-11-26-15/h3-7,11-12H,2,8-10H2,1H3. The number of carbonyl (C=O) groups is 1. The minimum Gasteiger partial charge on any atom is -0.461 e. The largest absolute Gasteiger partial charge is 0.461 e. The molecular weight excluding hydrogens is 352 g/mol. The number of aromatic nitrogens is 2. The van der Waals surface area contributed by atoms with Crippen LogP contribution in [-0.4, -0.2) is 39.0 Å². The Bertz CT molecular complexity index is 919. The van der Waals surface area contributed by atoms with E-state index < -0.39 is 4.92 Å². The fraction of sp³-hybridized carbons (Fsp3) is 0.278. The van der Waals surface area contributed by atoms with Crippen LogP contribution in [0.15, 0.2) is 51.6 Å². The van der Waals surface area contributed by atoms with Gasteiger partial charge in [0.1, 0.15) is 0 Å². The van der Waals surface area contributed by atoms with Crippen molar-refractivity contribution >= 4 is 11.6 Å².